The van der Waals surface area contributed by atoms with E-state index in [2.05, 4.69) is 20.0 Å². The second-order valence-corrected chi connectivity index (χ2v) is 5.03. The molecule has 2 aromatic heterocycles. The molecule has 0 atom stereocenters. The first-order chi connectivity index (χ1) is 9.18. The fourth-order valence-electron chi connectivity index (χ4n) is 2.04. The zero-order chi connectivity index (χ0) is 13.7. The molecule has 0 aliphatic carbocycles. The van der Waals surface area contributed by atoms with Crippen LogP contribution in [0.25, 0.3) is 0 Å². The van der Waals surface area contributed by atoms with Crippen molar-refractivity contribution in [1.82, 2.24) is 24.6 Å². The summed E-state index contributed by atoms with van der Waals surface area (Å²) in [5, 5.41) is 8.47. The molecule has 0 unspecified atom stereocenters. The molecule has 2 aromatic rings. The minimum atomic E-state index is 0.765. The molecular weight excluding hydrogens is 262 g/mol. The van der Waals surface area contributed by atoms with E-state index in [-0.39, 0.29) is 0 Å². The van der Waals surface area contributed by atoms with Gasteiger partial charge in [-0.05, 0) is 26.3 Å². The number of unbranched alkanes of at least 4 members (excludes halogenated alkanes) is 1. The summed E-state index contributed by atoms with van der Waals surface area (Å²) in [6, 6.07) is 0. The minimum Gasteiger partial charge on any atom is -0.337 e. The van der Waals surface area contributed by atoms with Gasteiger partial charge >= 0.3 is 0 Å². The lowest BCUT2D eigenvalue weighted by molar-refractivity contribution is 0.556. The summed E-state index contributed by atoms with van der Waals surface area (Å²) in [6.45, 7) is 4.70. The van der Waals surface area contributed by atoms with Gasteiger partial charge in [0.15, 0.2) is 0 Å². The summed E-state index contributed by atoms with van der Waals surface area (Å²) in [7, 11) is 1.93. The van der Waals surface area contributed by atoms with Crippen LogP contribution in [-0.2, 0) is 20.1 Å². The van der Waals surface area contributed by atoms with Gasteiger partial charge in [-0.15, -0.1) is 0 Å². The fourth-order valence-corrected chi connectivity index (χ4v) is 2.27. The van der Waals surface area contributed by atoms with Crippen molar-refractivity contribution >= 4 is 11.6 Å². The molecule has 0 saturated heterocycles. The van der Waals surface area contributed by atoms with Gasteiger partial charge in [0.1, 0.15) is 0 Å². The highest BCUT2D eigenvalue weighted by molar-refractivity contribution is 6.31. The zero-order valence-corrected chi connectivity index (χ0v) is 12.2. The van der Waals surface area contributed by atoms with Crippen LogP contribution in [0.2, 0.25) is 5.02 Å². The van der Waals surface area contributed by atoms with Gasteiger partial charge in [-0.3, -0.25) is 4.68 Å². The number of nitrogens with one attached hydrogen (secondary N) is 1. The maximum atomic E-state index is 6.19. The van der Waals surface area contributed by atoms with E-state index >= 15 is 0 Å². The molecule has 0 saturated carbocycles. The molecule has 0 aromatic carbocycles. The minimum absolute atomic E-state index is 0.765. The first-order valence-electron chi connectivity index (χ1n) is 6.53. The normalized spacial score (nSPS) is 11.1. The van der Waals surface area contributed by atoms with E-state index in [9.17, 15) is 0 Å². The highest BCUT2D eigenvalue weighted by Gasteiger charge is 2.09. The topological polar surface area (TPSA) is 47.7 Å². The van der Waals surface area contributed by atoms with Crippen molar-refractivity contribution in [3.8, 4) is 0 Å². The number of hydrogen-bond acceptors (Lipinski definition) is 3. The van der Waals surface area contributed by atoms with Gasteiger partial charge in [0.2, 0.25) is 0 Å². The van der Waals surface area contributed by atoms with Crippen molar-refractivity contribution in [2.24, 2.45) is 7.05 Å². The second kappa shape index (κ2) is 6.73. The Labute approximate surface area is 118 Å². The number of halogens is 1. The summed E-state index contributed by atoms with van der Waals surface area (Å²) in [6.07, 6.45) is 7.93. The molecule has 0 bridgehead atoms. The summed E-state index contributed by atoms with van der Waals surface area (Å²) in [5.41, 5.74) is 1.94. The van der Waals surface area contributed by atoms with Gasteiger partial charge < -0.3 is 9.88 Å². The van der Waals surface area contributed by atoms with Crippen molar-refractivity contribution in [3.63, 3.8) is 0 Å². The van der Waals surface area contributed by atoms with Crippen LogP contribution in [-0.4, -0.2) is 25.9 Å². The number of aryl methyl sites for hydroxylation is 3. The number of aromatic nitrogens is 4. The maximum Gasteiger partial charge on any atom is 0.0945 e. The van der Waals surface area contributed by atoms with Crippen LogP contribution < -0.4 is 5.32 Å². The summed E-state index contributed by atoms with van der Waals surface area (Å²) < 4.78 is 3.94. The fraction of sp³-hybridized carbons (Fsp3) is 0.538. The van der Waals surface area contributed by atoms with E-state index in [1.54, 1.807) is 0 Å². The largest absolute Gasteiger partial charge is 0.337 e. The summed E-state index contributed by atoms with van der Waals surface area (Å²) in [5.74, 6) is 0. The van der Waals surface area contributed by atoms with Crippen LogP contribution >= 0.6 is 11.6 Å². The Hall–Kier alpha value is -1.33. The van der Waals surface area contributed by atoms with Crippen LogP contribution in [0.1, 0.15) is 24.2 Å². The first kappa shape index (κ1) is 14.1. The van der Waals surface area contributed by atoms with Crippen molar-refractivity contribution in [3.05, 3.63) is 35.1 Å². The maximum absolute atomic E-state index is 6.19. The van der Waals surface area contributed by atoms with Crippen LogP contribution in [0.5, 0.6) is 0 Å². The molecule has 5 nitrogen and oxygen atoms in total. The molecule has 0 amide bonds. The van der Waals surface area contributed by atoms with Gasteiger partial charge in [0, 0.05) is 32.5 Å². The van der Waals surface area contributed by atoms with Crippen molar-refractivity contribution in [1.29, 1.82) is 0 Å². The Bertz CT molecular complexity index is 503. The average Bonchev–Trinajstić information content (AvgIpc) is 2.97. The van der Waals surface area contributed by atoms with Crippen molar-refractivity contribution in [2.75, 3.05) is 6.54 Å². The third kappa shape index (κ3) is 3.81. The lowest BCUT2D eigenvalue weighted by atomic mass is 10.3. The Morgan fingerprint density at radius 2 is 2.21 bits per heavy atom. The number of imidazole rings is 1. The third-order valence-corrected chi connectivity index (χ3v) is 3.62. The van der Waals surface area contributed by atoms with Gasteiger partial charge in [0.05, 0.1) is 22.7 Å². The molecule has 104 valence electrons. The molecule has 2 heterocycles. The van der Waals surface area contributed by atoms with Crippen LogP contribution in [0, 0.1) is 6.92 Å². The van der Waals surface area contributed by atoms with E-state index < -0.39 is 0 Å². The summed E-state index contributed by atoms with van der Waals surface area (Å²) >= 11 is 6.19. The quantitative estimate of drug-likeness (QED) is 0.791. The number of rotatable bonds is 7. The van der Waals surface area contributed by atoms with Gasteiger partial charge in [-0.25, -0.2) is 4.98 Å². The van der Waals surface area contributed by atoms with Crippen molar-refractivity contribution < 1.29 is 0 Å². The first-order valence-corrected chi connectivity index (χ1v) is 6.90. The zero-order valence-electron chi connectivity index (χ0n) is 11.4. The van der Waals surface area contributed by atoms with Crippen molar-refractivity contribution in [2.45, 2.75) is 32.9 Å². The number of hydrogen-bond donors (Lipinski definition) is 1. The molecule has 0 aliphatic heterocycles. The Balaban J connectivity index is 1.64. The van der Waals surface area contributed by atoms with E-state index in [0.717, 1.165) is 48.9 Å². The highest BCUT2D eigenvalue weighted by atomic mass is 35.5. The van der Waals surface area contributed by atoms with Gasteiger partial charge in [-0.1, -0.05) is 11.6 Å². The van der Waals surface area contributed by atoms with E-state index in [1.165, 1.54) is 0 Å². The average molecular weight is 282 g/mol. The van der Waals surface area contributed by atoms with E-state index in [4.69, 9.17) is 11.6 Å². The molecule has 1 N–H and O–H groups in total. The molecule has 0 fully saturated rings. The molecule has 19 heavy (non-hydrogen) atoms. The van der Waals surface area contributed by atoms with Gasteiger partial charge in [-0.2, -0.15) is 5.10 Å². The van der Waals surface area contributed by atoms with E-state index in [1.807, 2.05) is 37.4 Å². The molecular formula is C13H20ClN5. The lowest BCUT2D eigenvalue weighted by Gasteiger charge is -2.06. The predicted molar refractivity (Wildman–Crippen MR) is 76.1 cm³/mol. The third-order valence-electron chi connectivity index (χ3n) is 3.13. The Morgan fingerprint density at radius 1 is 1.37 bits per heavy atom. The van der Waals surface area contributed by atoms with Crippen LogP contribution in [0.15, 0.2) is 18.7 Å². The smallest absolute Gasteiger partial charge is 0.0945 e. The molecule has 2 rings (SSSR count). The predicted octanol–water partition coefficient (Wildman–Crippen LogP) is 2.15. The standard InChI is InChI=1S/C13H20ClN5/c1-11-13(14)12(18(2)17-11)9-15-5-3-4-7-19-8-6-16-10-19/h6,8,10,15H,3-5,7,9H2,1-2H3. The van der Waals surface area contributed by atoms with E-state index in [0.29, 0.717) is 0 Å². The number of nitrogens with zero attached hydrogens (tertiary/aromatic N) is 4. The molecule has 0 spiro atoms. The van der Waals surface area contributed by atoms with Crippen LogP contribution in [0.4, 0.5) is 0 Å². The Morgan fingerprint density at radius 3 is 2.84 bits per heavy atom. The summed E-state index contributed by atoms with van der Waals surface area (Å²) in [4.78, 5) is 4.02. The van der Waals surface area contributed by atoms with Gasteiger partial charge in [0.25, 0.3) is 0 Å². The molecule has 6 heteroatoms. The monoisotopic (exact) mass is 281 g/mol. The Kier molecular flexibility index (Phi) is 4.99. The molecule has 0 aliphatic rings. The van der Waals surface area contributed by atoms with Crippen LogP contribution in [0.3, 0.4) is 0 Å². The lowest BCUT2D eigenvalue weighted by Crippen LogP contribution is -2.17. The second-order valence-electron chi connectivity index (χ2n) is 4.65. The highest BCUT2D eigenvalue weighted by Crippen LogP contribution is 2.18. The molecule has 0 radical (unpaired) electrons. The SMILES string of the molecule is Cc1nn(C)c(CNCCCCn2ccnc2)c1Cl.